The van der Waals surface area contributed by atoms with Gasteiger partial charge in [0.25, 0.3) is 5.88 Å². The molecule has 5 nitrogen and oxygen atoms in total. The molecule has 21 heavy (non-hydrogen) atoms. The third kappa shape index (κ3) is 3.58. The standard InChI is InChI=1S/C14H20F2N4O/c15-14(16)3-1-11(2-4-14)21-13-12(18-5-6-19-13)20-9-7-17-8-10-20/h5-6,11,17H,1-4,7-10H2/i/hD. The number of nitrogens with one attached hydrogen (secondary N) is 1. The van der Waals surface area contributed by atoms with Crippen LogP contribution in [0.15, 0.2) is 12.4 Å². The van der Waals surface area contributed by atoms with Gasteiger partial charge < -0.3 is 14.9 Å². The zero-order chi connectivity index (χ0) is 15.6. The number of piperazine rings is 1. The molecule has 1 saturated heterocycles. The second-order valence-electron chi connectivity index (χ2n) is 5.52. The van der Waals surface area contributed by atoms with Gasteiger partial charge in [-0.1, -0.05) is 0 Å². The second kappa shape index (κ2) is 6.09. The fourth-order valence-corrected chi connectivity index (χ4v) is 2.73. The van der Waals surface area contributed by atoms with Crippen molar-refractivity contribution in [2.45, 2.75) is 37.7 Å². The quantitative estimate of drug-likeness (QED) is 0.923. The van der Waals surface area contributed by atoms with Gasteiger partial charge >= 0.3 is 0 Å². The van der Waals surface area contributed by atoms with E-state index in [1.807, 2.05) is 4.90 Å². The van der Waals surface area contributed by atoms with Crippen LogP contribution in [0.25, 0.3) is 0 Å². The van der Waals surface area contributed by atoms with Gasteiger partial charge in [0.15, 0.2) is 5.82 Å². The average Bonchev–Trinajstić information content (AvgIpc) is 2.51. The van der Waals surface area contributed by atoms with E-state index in [9.17, 15) is 8.78 Å². The predicted octanol–water partition coefficient (Wildman–Crippen LogP) is 1.84. The number of hydrogen-bond acceptors (Lipinski definition) is 5. The number of alkyl halides is 2. The van der Waals surface area contributed by atoms with Gasteiger partial charge in [0.2, 0.25) is 5.92 Å². The number of halogens is 2. The minimum absolute atomic E-state index is 0.134. The van der Waals surface area contributed by atoms with Gasteiger partial charge in [0, 0.05) is 51.4 Å². The topological polar surface area (TPSA) is 50.3 Å². The molecule has 0 amide bonds. The Kier molecular flexibility index (Phi) is 3.82. The molecule has 1 aromatic rings. The summed E-state index contributed by atoms with van der Waals surface area (Å²) in [6.07, 6.45) is 3.33. The first kappa shape index (κ1) is 13.2. The smallest absolute Gasteiger partial charge is 0.257 e. The van der Waals surface area contributed by atoms with Gasteiger partial charge in [0.1, 0.15) is 7.52 Å². The summed E-state index contributed by atoms with van der Waals surface area (Å²) in [7, 11) is 0. The molecule has 0 spiro atoms. The summed E-state index contributed by atoms with van der Waals surface area (Å²) in [5.74, 6) is -1.50. The molecule has 2 heterocycles. The van der Waals surface area contributed by atoms with E-state index in [1.54, 1.807) is 12.4 Å². The molecule has 0 aromatic carbocycles. The molecule has 1 N–H and O–H groups in total. The summed E-state index contributed by atoms with van der Waals surface area (Å²) >= 11 is 0. The molecule has 7 heteroatoms. The van der Waals surface area contributed by atoms with Crippen LogP contribution in [0.3, 0.4) is 0 Å². The fraction of sp³-hybridized carbons (Fsp3) is 0.714. The number of rotatable bonds is 3. The van der Waals surface area contributed by atoms with Gasteiger partial charge in [-0.05, 0) is 12.8 Å². The van der Waals surface area contributed by atoms with E-state index in [0.29, 0.717) is 50.7 Å². The number of hydrogen-bond donors (Lipinski definition) is 1. The highest BCUT2D eigenvalue weighted by Gasteiger charge is 2.36. The van der Waals surface area contributed by atoms with Crippen LogP contribution < -0.4 is 14.9 Å². The van der Waals surface area contributed by atoms with Gasteiger partial charge in [-0.3, -0.25) is 0 Å². The Balaban J connectivity index is 1.67. The minimum Gasteiger partial charge on any atom is -0.472 e. The molecule has 3 rings (SSSR count). The van der Waals surface area contributed by atoms with Crippen molar-refractivity contribution in [3.8, 4) is 5.88 Å². The Hall–Kier alpha value is -1.50. The number of aromatic nitrogens is 2. The van der Waals surface area contributed by atoms with Crippen LogP contribution >= 0.6 is 0 Å². The molecular formula is C14H20F2N4O. The van der Waals surface area contributed by atoms with Gasteiger partial charge in [-0.2, -0.15) is 0 Å². The first-order valence-electron chi connectivity index (χ1n) is 7.82. The molecule has 0 atom stereocenters. The molecule has 2 aliphatic rings. The summed E-state index contributed by atoms with van der Waals surface area (Å²) in [4.78, 5) is 10.6. The normalized spacial score (nSPS) is 24.7. The van der Waals surface area contributed by atoms with Crippen LogP contribution in [0.5, 0.6) is 5.88 Å². The lowest BCUT2D eigenvalue weighted by Crippen LogP contribution is -2.44. The van der Waals surface area contributed by atoms with E-state index in [1.165, 1.54) is 5.31 Å². The van der Waals surface area contributed by atoms with Crippen molar-refractivity contribution >= 4 is 5.82 Å². The molecule has 0 radical (unpaired) electrons. The molecule has 1 aliphatic carbocycles. The Labute approximate surface area is 124 Å². The maximum atomic E-state index is 13.2. The summed E-state index contributed by atoms with van der Waals surface area (Å²) in [5.41, 5.74) is 0. The number of anilines is 1. The lowest BCUT2D eigenvalue weighted by molar-refractivity contribution is -0.0587. The molecule has 1 saturated carbocycles. The highest BCUT2D eigenvalue weighted by atomic mass is 19.3. The van der Waals surface area contributed by atoms with Crippen LogP contribution in [0, 0.1) is 0 Å². The molecule has 116 valence electrons. The molecular weight excluding hydrogens is 278 g/mol. The second-order valence-corrected chi connectivity index (χ2v) is 5.52. The zero-order valence-corrected chi connectivity index (χ0v) is 11.8. The lowest BCUT2D eigenvalue weighted by Gasteiger charge is -2.31. The third-order valence-corrected chi connectivity index (χ3v) is 3.94. The van der Waals surface area contributed by atoms with Gasteiger partial charge in [0.05, 0.1) is 0 Å². The Morgan fingerprint density at radius 1 is 1.24 bits per heavy atom. The minimum atomic E-state index is -2.56. The zero-order valence-electron chi connectivity index (χ0n) is 12.8. The van der Waals surface area contributed by atoms with E-state index >= 15 is 0 Å². The fourth-order valence-electron chi connectivity index (χ4n) is 2.73. The maximum absolute atomic E-state index is 13.2. The number of ether oxygens (including phenoxy) is 1. The summed E-state index contributed by atoms with van der Waals surface area (Å²) in [5, 5.41) is 1.51. The Morgan fingerprint density at radius 3 is 2.62 bits per heavy atom. The molecule has 0 bridgehead atoms. The summed E-state index contributed by atoms with van der Waals surface area (Å²) in [6, 6.07) is 0. The highest BCUT2D eigenvalue weighted by Crippen LogP contribution is 2.35. The summed E-state index contributed by atoms with van der Waals surface area (Å²) < 4.78 is 39.9. The molecule has 1 aliphatic heterocycles. The van der Waals surface area contributed by atoms with Crippen LogP contribution in [-0.4, -0.2) is 48.2 Å². The van der Waals surface area contributed by atoms with Crippen LogP contribution in [0.1, 0.15) is 25.7 Å². The van der Waals surface area contributed by atoms with Crippen molar-refractivity contribution < 1.29 is 14.9 Å². The van der Waals surface area contributed by atoms with E-state index in [-0.39, 0.29) is 18.9 Å². The van der Waals surface area contributed by atoms with Crippen molar-refractivity contribution in [1.82, 2.24) is 15.3 Å². The Bertz CT molecular complexity index is 501. The largest absolute Gasteiger partial charge is 0.472 e. The summed E-state index contributed by atoms with van der Waals surface area (Å²) in [6.45, 7) is 2.62. The van der Waals surface area contributed by atoms with E-state index in [4.69, 9.17) is 6.15 Å². The average molecular weight is 299 g/mol. The van der Waals surface area contributed by atoms with E-state index < -0.39 is 5.92 Å². The predicted molar refractivity (Wildman–Crippen MR) is 74.9 cm³/mol. The van der Waals surface area contributed by atoms with Crippen molar-refractivity contribution in [3.05, 3.63) is 12.4 Å². The lowest BCUT2D eigenvalue weighted by atomic mass is 9.94. The number of nitrogens with zero attached hydrogens (tertiary/aromatic N) is 3. The van der Waals surface area contributed by atoms with E-state index in [0.717, 1.165) is 0 Å². The first-order chi connectivity index (χ1) is 10.5. The SMILES string of the molecule is [2H]N1CCN(c2nccnc2OC2CCC(F)(F)CC2)CC1. The first-order valence-corrected chi connectivity index (χ1v) is 7.38. The molecule has 2 fully saturated rings. The third-order valence-electron chi connectivity index (χ3n) is 3.94. The maximum Gasteiger partial charge on any atom is 0.257 e. The molecule has 0 unspecified atom stereocenters. The van der Waals surface area contributed by atoms with Crippen LogP contribution in [-0.2, 0) is 0 Å². The van der Waals surface area contributed by atoms with Crippen LogP contribution in [0.4, 0.5) is 14.6 Å². The van der Waals surface area contributed by atoms with Crippen molar-refractivity contribution in [2.75, 3.05) is 31.1 Å². The van der Waals surface area contributed by atoms with Crippen molar-refractivity contribution in [1.29, 1.82) is 0 Å². The monoisotopic (exact) mass is 299 g/mol. The van der Waals surface area contributed by atoms with E-state index in [2.05, 4.69) is 9.97 Å². The van der Waals surface area contributed by atoms with Crippen molar-refractivity contribution in [2.24, 2.45) is 0 Å². The van der Waals surface area contributed by atoms with Gasteiger partial charge in [-0.15, -0.1) is 0 Å². The highest BCUT2D eigenvalue weighted by molar-refractivity contribution is 5.48. The Morgan fingerprint density at radius 2 is 1.90 bits per heavy atom. The van der Waals surface area contributed by atoms with Crippen molar-refractivity contribution in [3.63, 3.8) is 0 Å². The van der Waals surface area contributed by atoms with Gasteiger partial charge in [-0.25, -0.2) is 18.7 Å². The molecule has 1 aromatic heterocycles. The van der Waals surface area contributed by atoms with Crippen LogP contribution in [0.2, 0.25) is 1.41 Å².